The number of ether oxygens (including phenoxy) is 1. The van der Waals surface area contributed by atoms with Gasteiger partial charge in [0.15, 0.2) is 0 Å². The van der Waals surface area contributed by atoms with Crippen molar-refractivity contribution >= 4 is 38.6 Å². The average Bonchev–Trinajstić information content (AvgIpc) is 3.18. The van der Waals surface area contributed by atoms with E-state index in [1.54, 1.807) is 0 Å². The van der Waals surface area contributed by atoms with Crippen LogP contribution >= 0.6 is 15.9 Å². The fraction of sp³-hybridized carbons (Fsp3) is 0.269. The van der Waals surface area contributed by atoms with Gasteiger partial charge in [-0.15, -0.1) is 5.10 Å². The molecule has 1 amide bonds. The number of fused-ring (bicyclic) bond motifs is 1. The predicted molar refractivity (Wildman–Crippen MR) is 134 cm³/mol. The maximum absolute atomic E-state index is 12.7. The Labute approximate surface area is 202 Å². The molecular weight excluding hydrogens is 480 g/mol. The largest absolute Gasteiger partial charge is 0.489 e. The van der Waals surface area contributed by atoms with Gasteiger partial charge in [0, 0.05) is 6.54 Å². The lowest BCUT2D eigenvalue weighted by molar-refractivity contribution is -0.115. The molecule has 0 saturated heterocycles. The molecule has 0 saturated carbocycles. The van der Waals surface area contributed by atoms with Gasteiger partial charge >= 0.3 is 0 Å². The predicted octanol–water partition coefficient (Wildman–Crippen LogP) is 6.00. The number of hydrogen-bond acceptors (Lipinski definition) is 4. The van der Waals surface area contributed by atoms with E-state index in [9.17, 15) is 4.79 Å². The van der Waals surface area contributed by atoms with E-state index in [4.69, 9.17) is 4.74 Å². The zero-order valence-corrected chi connectivity index (χ0v) is 20.6. The first-order chi connectivity index (χ1) is 15.8. The van der Waals surface area contributed by atoms with E-state index in [1.165, 1.54) is 0 Å². The van der Waals surface area contributed by atoms with E-state index in [-0.39, 0.29) is 17.7 Å². The molecular formula is C26H27BrN4O2. The lowest BCUT2D eigenvalue weighted by atomic mass is 9.97. The number of rotatable bonds is 7. The van der Waals surface area contributed by atoms with Gasteiger partial charge in [0.25, 0.3) is 0 Å². The van der Waals surface area contributed by atoms with Crippen LogP contribution in [0.2, 0.25) is 0 Å². The molecule has 0 fully saturated rings. The molecule has 33 heavy (non-hydrogen) atoms. The van der Waals surface area contributed by atoms with Gasteiger partial charge in [-0.1, -0.05) is 68.4 Å². The smallest absolute Gasteiger partial charge is 0.228 e. The number of halogens is 1. The van der Waals surface area contributed by atoms with Gasteiger partial charge in [-0.05, 0) is 56.7 Å². The number of anilines is 1. The minimum Gasteiger partial charge on any atom is -0.489 e. The van der Waals surface area contributed by atoms with Crippen LogP contribution in [0.25, 0.3) is 11.0 Å². The van der Waals surface area contributed by atoms with Gasteiger partial charge in [0.1, 0.15) is 17.9 Å². The summed E-state index contributed by atoms with van der Waals surface area (Å²) in [5, 5.41) is 11.6. The summed E-state index contributed by atoms with van der Waals surface area (Å²) in [7, 11) is 0. The molecule has 1 heterocycles. The molecule has 0 aliphatic rings. The second kappa shape index (κ2) is 9.75. The SMILES string of the molecule is CC(C)(C)Cn1nnc2c(Br)c(NC(=O)Cc3ccc(OCc4ccccc4)cc3)ccc21. The molecule has 1 aromatic heterocycles. The fourth-order valence-corrected chi connectivity index (χ4v) is 4.01. The van der Waals surface area contributed by atoms with Crippen molar-refractivity contribution in [1.29, 1.82) is 0 Å². The Morgan fingerprint density at radius 2 is 1.73 bits per heavy atom. The van der Waals surface area contributed by atoms with E-state index in [1.807, 2.05) is 71.4 Å². The Morgan fingerprint density at radius 3 is 2.42 bits per heavy atom. The van der Waals surface area contributed by atoms with Crippen molar-refractivity contribution in [3.8, 4) is 5.75 Å². The third-order valence-electron chi connectivity index (χ3n) is 5.06. The number of carbonyl (C=O) groups is 1. The minimum absolute atomic E-state index is 0.0854. The van der Waals surface area contributed by atoms with Crippen molar-refractivity contribution in [2.45, 2.75) is 40.3 Å². The Morgan fingerprint density at radius 1 is 1.00 bits per heavy atom. The van der Waals surface area contributed by atoms with Crippen LogP contribution in [-0.4, -0.2) is 20.9 Å². The Balaban J connectivity index is 1.37. The van der Waals surface area contributed by atoms with Crippen LogP contribution in [0.3, 0.4) is 0 Å². The number of benzene rings is 3. The molecule has 7 heteroatoms. The normalized spacial score (nSPS) is 11.5. The molecule has 0 aliphatic carbocycles. The van der Waals surface area contributed by atoms with Crippen molar-refractivity contribution in [2.24, 2.45) is 5.41 Å². The number of carbonyl (C=O) groups excluding carboxylic acids is 1. The highest BCUT2D eigenvalue weighted by molar-refractivity contribution is 9.10. The summed E-state index contributed by atoms with van der Waals surface area (Å²) in [5.74, 6) is 0.671. The van der Waals surface area contributed by atoms with Gasteiger partial charge in [-0.3, -0.25) is 4.79 Å². The van der Waals surface area contributed by atoms with Gasteiger partial charge in [0.05, 0.1) is 22.1 Å². The highest BCUT2D eigenvalue weighted by atomic mass is 79.9. The molecule has 4 aromatic rings. The molecule has 0 bridgehead atoms. The third kappa shape index (κ3) is 5.99. The third-order valence-corrected chi connectivity index (χ3v) is 5.86. The second-order valence-corrected chi connectivity index (χ2v) is 10.0. The van der Waals surface area contributed by atoms with Crippen molar-refractivity contribution < 1.29 is 9.53 Å². The lowest BCUT2D eigenvalue weighted by Gasteiger charge is -2.18. The molecule has 6 nitrogen and oxygen atoms in total. The molecule has 4 rings (SSSR count). The van der Waals surface area contributed by atoms with Crippen molar-refractivity contribution in [3.05, 3.63) is 82.3 Å². The van der Waals surface area contributed by atoms with Crippen molar-refractivity contribution in [2.75, 3.05) is 5.32 Å². The highest BCUT2D eigenvalue weighted by Gasteiger charge is 2.17. The molecule has 0 unspecified atom stereocenters. The molecule has 0 aliphatic heterocycles. The summed E-state index contributed by atoms with van der Waals surface area (Å²) in [6.07, 6.45) is 0.264. The molecule has 0 atom stereocenters. The highest BCUT2D eigenvalue weighted by Crippen LogP contribution is 2.31. The number of hydrogen-bond donors (Lipinski definition) is 1. The van der Waals surface area contributed by atoms with Crippen LogP contribution in [0, 0.1) is 5.41 Å². The van der Waals surface area contributed by atoms with Crippen LogP contribution in [0.1, 0.15) is 31.9 Å². The van der Waals surface area contributed by atoms with E-state index >= 15 is 0 Å². The molecule has 0 radical (unpaired) electrons. The number of aromatic nitrogens is 3. The van der Waals surface area contributed by atoms with Crippen molar-refractivity contribution in [3.63, 3.8) is 0 Å². The number of amides is 1. The minimum atomic E-state index is -0.102. The Bertz CT molecular complexity index is 1250. The molecule has 170 valence electrons. The summed E-state index contributed by atoms with van der Waals surface area (Å²) in [5.41, 5.74) is 4.45. The van der Waals surface area contributed by atoms with E-state index in [0.29, 0.717) is 12.3 Å². The lowest BCUT2D eigenvalue weighted by Crippen LogP contribution is -2.16. The summed E-state index contributed by atoms with van der Waals surface area (Å²) >= 11 is 3.59. The quantitative estimate of drug-likeness (QED) is 0.333. The van der Waals surface area contributed by atoms with Gasteiger partial charge in [-0.25, -0.2) is 4.68 Å². The summed E-state index contributed by atoms with van der Waals surface area (Å²) in [6, 6.07) is 21.5. The van der Waals surface area contributed by atoms with E-state index in [0.717, 1.165) is 38.9 Å². The van der Waals surface area contributed by atoms with Crippen LogP contribution in [0.15, 0.2) is 71.2 Å². The average molecular weight is 507 g/mol. The number of nitrogens with one attached hydrogen (secondary N) is 1. The van der Waals surface area contributed by atoms with E-state index in [2.05, 4.69) is 52.3 Å². The summed E-state index contributed by atoms with van der Waals surface area (Å²) in [6.45, 7) is 7.74. The zero-order chi connectivity index (χ0) is 23.4. The first-order valence-corrected chi connectivity index (χ1v) is 11.6. The second-order valence-electron chi connectivity index (χ2n) is 9.25. The maximum Gasteiger partial charge on any atom is 0.228 e. The summed E-state index contributed by atoms with van der Waals surface area (Å²) in [4.78, 5) is 12.7. The van der Waals surface area contributed by atoms with Gasteiger partial charge in [0.2, 0.25) is 5.91 Å². The van der Waals surface area contributed by atoms with E-state index < -0.39 is 0 Å². The van der Waals surface area contributed by atoms with Crippen LogP contribution < -0.4 is 10.1 Å². The summed E-state index contributed by atoms with van der Waals surface area (Å²) < 4.78 is 8.45. The van der Waals surface area contributed by atoms with Gasteiger partial charge < -0.3 is 10.1 Å². The Hall–Kier alpha value is -3.19. The Kier molecular flexibility index (Phi) is 6.79. The zero-order valence-electron chi connectivity index (χ0n) is 19.0. The molecule has 1 N–H and O–H groups in total. The van der Waals surface area contributed by atoms with Crippen LogP contribution in [0.5, 0.6) is 5.75 Å². The van der Waals surface area contributed by atoms with Crippen LogP contribution in [-0.2, 0) is 24.4 Å². The van der Waals surface area contributed by atoms with Crippen LogP contribution in [0.4, 0.5) is 5.69 Å². The van der Waals surface area contributed by atoms with Gasteiger partial charge in [-0.2, -0.15) is 0 Å². The maximum atomic E-state index is 12.7. The van der Waals surface area contributed by atoms with Crippen molar-refractivity contribution in [1.82, 2.24) is 15.0 Å². The fourth-order valence-electron chi connectivity index (χ4n) is 3.49. The standard InChI is InChI=1S/C26H27BrN4O2/c1-26(2,3)17-31-22-14-13-21(24(27)25(22)29-30-31)28-23(32)15-18-9-11-20(12-10-18)33-16-19-7-5-4-6-8-19/h4-14H,15-17H2,1-3H3,(H,28,32). The molecule has 3 aromatic carbocycles. The first kappa shape index (κ1) is 23.0. The monoisotopic (exact) mass is 506 g/mol. The number of nitrogens with zero attached hydrogens (tertiary/aromatic N) is 3. The first-order valence-electron chi connectivity index (χ1n) is 10.9. The molecule has 0 spiro atoms. The topological polar surface area (TPSA) is 69.0 Å².